The number of carbonyl (C=O) groups excluding carboxylic acids is 1. The molecule has 5 nitrogen and oxygen atoms in total. The van der Waals surface area contributed by atoms with E-state index in [9.17, 15) is 4.79 Å². The van der Waals surface area contributed by atoms with Crippen molar-refractivity contribution >= 4 is 40.4 Å². The topological polar surface area (TPSA) is 73.7 Å². The van der Waals surface area contributed by atoms with Crippen molar-refractivity contribution in [1.29, 1.82) is 0 Å². The van der Waals surface area contributed by atoms with E-state index in [2.05, 4.69) is 38.4 Å². The number of anilines is 1. The summed E-state index contributed by atoms with van der Waals surface area (Å²) >= 11 is 2.22. The highest BCUT2D eigenvalue weighted by Gasteiger charge is 1.99. The maximum atomic E-state index is 11.6. The first-order chi connectivity index (χ1) is 10.1. The van der Waals surface area contributed by atoms with Gasteiger partial charge < -0.3 is 10.4 Å². The molecule has 3 N–H and O–H groups in total. The van der Waals surface area contributed by atoms with Gasteiger partial charge in [-0.2, -0.15) is 5.10 Å². The number of benzene rings is 2. The summed E-state index contributed by atoms with van der Waals surface area (Å²) in [6, 6.07) is 14.3. The molecule has 0 spiro atoms. The summed E-state index contributed by atoms with van der Waals surface area (Å²) in [6.07, 6.45) is 1.52. The molecule has 0 aromatic heterocycles. The van der Waals surface area contributed by atoms with Crippen LogP contribution in [0.4, 0.5) is 5.69 Å². The number of hydrazone groups is 1. The lowest BCUT2D eigenvalue weighted by Crippen LogP contribution is -2.25. The van der Waals surface area contributed by atoms with E-state index in [1.807, 2.05) is 24.3 Å². The highest BCUT2D eigenvalue weighted by molar-refractivity contribution is 14.1. The van der Waals surface area contributed by atoms with Gasteiger partial charge in [-0.1, -0.05) is 0 Å². The number of carbonyl (C=O) groups is 1. The Bertz CT molecular complexity index is 624. The lowest BCUT2D eigenvalue weighted by Gasteiger charge is -2.05. The summed E-state index contributed by atoms with van der Waals surface area (Å²) in [4.78, 5) is 11.6. The second-order valence-electron chi connectivity index (χ2n) is 4.25. The third kappa shape index (κ3) is 5.42. The first-order valence-electron chi connectivity index (χ1n) is 6.24. The predicted molar refractivity (Wildman–Crippen MR) is 91.5 cm³/mol. The Labute approximate surface area is 136 Å². The molecule has 0 heterocycles. The monoisotopic (exact) mass is 395 g/mol. The van der Waals surface area contributed by atoms with Gasteiger partial charge in [0.1, 0.15) is 5.75 Å². The quantitative estimate of drug-likeness (QED) is 0.414. The third-order valence-electron chi connectivity index (χ3n) is 2.59. The van der Waals surface area contributed by atoms with Crippen LogP contribution in [0.2, 0.25) is 0 Å². The van der Waals surface area contributed by atoms with Crippen molar-refractivity contribution in [3.8, 4) is 5.75 Å². The number of rotatable bonds is 5. The Morgan fingerprint density at radius 3 is 2.48 bits per heavy atom. The molecule has 2 aromatic rings. The Kier molecular flexibility index (Phi) is 5.56. The first-order valence-corrected chi connectivity index (χ1v) is 7.32. The van der Waals surface area contributed by atoms with E-state index < -0.39 is 0 Å². The van der Waals surface area contributed by atoms with Crippen LogP contribution in [0.3, 0.4) is 0 Å². The standard InChI is InChI=1S/C15H14IN3O2/c16-12-3-5-13(6-4-12)17-10-15(21)19-18-9-11-1-7-14(20)8-2-11/h1-9,17,20H,10H2,(H,19,21). The highest BCUT2D eigenvalue weighted by Crippen LogP contribution is 2.10. The van der Waals surface area contributed by atoms with Crippen molar-refractivity contribution in [2.45, 2.75) is 0 Å². The van der Waals surface area contributed by atoms with Crippen LogP contribution in [0.15, 0.2) is 53.6 Å². The van der Waals surface area contributed by atoms with Gasteiger partial charge in [0.2, 0.25) is 0 Å². The van der Waals surface area contributed by atoms with Gasteiger partial charge in [0.15, 0.2) is 0 Å². The SMILES string of the molecule is O=C(CNc1ccc(I)cc1)NN=Cc1ccc(O)cc1. The number of phenolic OH excluding ortho intramolecular Hbond substituents is 1. The summed E-state index contributed by atoms with van der Waals surface area (Å²) in [5.41, 5.74) is 4.10. The van der Waals surface area contributed by atoms with Crippen LogP contribution in [-0.4, -0.2) is 23.8 Å². The number of nitrogens with zero attached hydrogens (tertiary/aromatic N) is 1. The van der Waals surface area contributed by atoms with E-state index in [1.54, 1.807) is 24.3 Å². The van der Waals surface area contributed by atoms with E-state index >= 15 is 0 Å². The largest absolute Gasteiger partial charge is 0.508 e. The molecule has 0 atom stereocenters. The van der Waals surface area contributed by atoms with Gasteiger partial charge >= 0.3 is 0 Å². The summed E-state index contributed by atoms with van der Waals surface area (Å²) < 4.78 is 1.14. The first kappa shape index (κ1) is 15.3. The Balaban J connectivity index is 1.77. The molecule has 0 unspecified atom stereocenters. The lowest BCUT2D eigenvalue weighted by molar-refractivity contribution is -0.119. The van der Waals surface area contributed by atoms with Crippen LogP contribution in [0.5, 0.6) is 5.75 Å². The number of amides is 1. The minimum absolute atomic E-state index is 0.146. The zero-order chi connectivity index (χ0) is 15.1. The Morgan fingerprint density at radius 1 is 1.14 bits per heavy atom. The van der Waals surface area contributed by atoms with Crippen molar-refractivity contribution in [2.24, 2.45) is 5.10 Å². The van der Waals surface area contributed by atoms with Gasteiger partial charge in [0.25, 0.3) is 5.91 Å². The number of halogens is 1. The molecule has 0 aliphatic carbocycles. The van der Waals surface area contributed by atoms with Gasteiger partial charge in [-0.15, -0.1) is 0 Å². The van der Waals surface area contributed by atoms with Crippen LogP contribution in [0.1, 0.15) is 5.56 Å². The Morgan fingerprint density at radius 2 is 1.81 bits per heavy atom. The zero-order valence-corrected chi connectivity index (χ0v) is 13.2. The summed E-state index contributed by atoms with van der Waals surface area (Å²) in [5.74, 6) is -0.0403. The summed E-state index contributed by atoms with van der Waals surface area (Å²) in [7, 11) is 0. The van der Waals surface area contributed by atoms with Crippen LogP contribution in [0, 0.1) is 3.57 Å². The molecule has 0 saturated heterocycles. The van der Waals surface area contributed by atoms with E-state index in [0.29, 0.717) is 0 Å². The molecule has 0 aliphatic heterocycles. The predicted octanol–water partition coefficient (Wildman–Crippen LogP) is 2.56. The van der Waals surface area contributed by atoms with Crippen molar-refractivity contribution < 1.29 is 9.90 Å². The Hall–Kier alpha value is -2.09. The molecule has 2 rings (SSSR count). The molecule has 6 heteroatoms. The average Bonchev–Trinajstić information content (AvgIpc) is 2.49. The maximum Gasteiger partial charge on any atom is 0.259 e. The molecular formula is C15H14IN3O2. The van der Waals surface area contributed by atoms with Crippen LogP contribution in [-0.2, 0) is 4.79 Å². The van der Waals surface area contributed by atoms with Crippen LogP contribution in [0.25, 0.3) is 0 Å². The third-order valence-corrected chi connectivity index (χ3v) is 3.31. The molecule has 0 fully saturated rings. The average molecular weight is 395 g/mol. The van der Waals surface area contributed by atoms with Gasteiger partial charge in [-0.25, -0.2) is 5.43 Å². The summed E-state index contributed by atoms with van der Waals surface area (Å²) in [6.45, 7) is 0.146. The molecule has 1 amide bonds. The number of hydrogen-bond donors (Lipinski definition) is 3. The fourth-order valence-corrected chi connectivity index (χ4v) is 1.89. The second kappa shape index (κ2) is 7.63. The van der Waals surface area contributed by atoms with Crippen molar-refractivity contribution in [3.05, 3.63) is 57.7 Å². The van der Waals surface area contributed by atoms with Gasteiger partial charge in [0, 0.05) is 9.26 Å². The van der Waals surface area contributed by atoms with Crippen LogP contribution >= 0.6 is 22.6 Å². The lowest BCUT2D eigenvalue weighted by atomic mass is 10.2. The minimum Gasteiger partial charge on any atom is -0.508 e. The zero-order valence-electron chi connectivity index (χ0n) is 11.1. The minimum atomic E-state index is -0.233. The number of phenols is 1. The molecule has 0 radical (unpaired) electrons. The van der Waals surface area contributed by atoms with E-state index in [4.69, 9.17) is 5.11 Å². The normalized spacial score (nSPS) is 10.5. The van der Waals surface area contributed by atoms with Crippen molar-refractivity contribution in [2.75, 3.05) is 11.9 Å². The van der Waals surface area contributed by atoms with Gasteiger partial charge in [-0.05, 0) is 76.7 Å². The van der Waals surface area contributed by atoms with Gasteiger partial charge in [0.05, 0.1) is 12.8 Å². The molecular weight excluding hydrogens is 381 g/mol. The number of nitrogens with one attached hydrogen (secondary N) is 2. The molecule has 0 bridgehead atoms. The van der Waals surface area contributed by atoms with E-state index in [-0.39, 0.29) is 18.2 Å². The molecule has 0 saturated carbocycles. The van der Waals surface area contributed by atoms with Crippen molar-refractivity contribution in [1.82, 2.24) is 5.43 Å². The fraction of sp³-hybridized carbons (Fsp3) is 0.0667. The molecule has 2 aromatic carbocycles. The van der Waals surface area contributed by atoms with Crippen LogP contribution < -0.4 is 10.7 Å². The molecule has 21 heavy (non-hydrogen) atoms. The maximum absolute atomic E-state index is 11.6. The fourth-order valence-electron chi connectivity index (χ4n) is 1.53. The highest BCUT2D eigenvalue weighted by atomic mass is 127. The molecule has 0 aliphatic rings. The van der Waals surface area contributed by atoms with Gasteiger partial charge in [-0.3, -0.25) is 4.79 Å². The van der Waals surface area contributed by atoms with E-state index in [1.165, 1.54) is 6.21 Å². The summed E-state index contributed by atoms with van der Waals surface area (Å²) in [5, 5.41) is 16.0. The second-order valence-corrected chi connectivity index (χ2v) is 5.49. The number of aromatic hydroxyl groups is 1. The van der Waals surface area contributed by atoms with Crippen molar-refractivity contribution in [3.63, 3.8) is 0 Å². The smallest absolute Gasteiger partial charge is 0.259 e. The molecule has 108 valence electrons. The number of hydrogen-bond acceptors (Lipinski definition) is 4. The van der Waals surface area contributed by atoms with E-state index in [0.717, 1.165) is 14.8 Å².